The molecule has 5 N–H and O–H groups in total. The second-order valence-electron chi connectivity index (χ2n) is 12.1. The van der Waals surface area contributed by atoms with Gasteiger partial charge >= 0.3 is 0 Å². The molecule has 0 spiro atoms. The first-order chi connectivity index (χ1) is 23.8. The number of para-hydroxylation sites is 1. The molecule has 0 unspecified atom stereocenters. The fourth-order valence-corrected chi connectivity index (χ4v) is 6.23. The van der Waals surface area contributed by atoms with Crippen LogP contribution in [0.3, 0.4) is 0 Å². The normalized spacial score (nSPS) is 14.2. The van der Waals surface area contributed by atoms with Gasteiger partial charge in [0.05, 0.1) is 11.4 Å². The lowest BCUT2D eigenvalue weighted by Gasteiger charge is -2.17. The molecule has 4 heteroatoms. The number of hydrogen-bond donors (Lipinski definition) is 3. The molecule has 49 heavy (non-hydrogen) atoms. The molecule has 1 aliphatic rings. The molecule has 2 heterocycles. The number of rotatable bonds is 11. The molecule has 1 aliphatic heterocycles. The minimum atomic E-state index is 0.774. The molecule has 0 amide bonds. The first-order valence-electron chi connectivity index (χ1n) is 16.6. The molecule has 246 valence electrons. The van der Waals surface area contributed by atoms with E-state index >= 15 is 0 Å². The van der Waals surface area contributed by atoms with E-state index in [1.165, 1.54) is 11.1 Å². The van der Waals surface area contributed by atoms with Crippen LogP contribution in [-0.4, -0.2) is 11.1 Å². The van der Waals surface area contributed by atoms with Crippen molar-refractivity contribution < 1.29 is 0 Å². The summed E-state index contributed by atoms with van der Waals surface area (Å²) in [5.74, 6) is 0. The van der Waals surface area contributed by atoms with Crippen LogP contribution in [-0.2, 0) is 0 Å². The predicted octanol–water partition coefficient (Wildman–Crippen LogP) is 10.3. The van der Waals surface area contributed by atoms with Crippen molar-refractivity contribution in [3.63, 3.8) is 0 Å². The molecule has 0 atom stereocenters. The molecule has 4 aromatic rings. The van der Waals surface area contributed by atoms with Gasteiger partial charge < -0.3 is 21.4 Å². The van der Waals surface area contributed by atoms with Crippen LogP contribution in [0.4, 0.5) is 0 Å². The summed E-state index contributed by atoms with van der Waals surface area (Å²) in [6.07, 6.45) is 21.5. The van der Waals surface area contributed by atoms with Crippen molar-refractivity contribution in [2.24, 2.45) is 11.5 Å². The molecule has 0 saturated carbocycles. The van der Waals surface area contributed by atoms with Crippen LogP contribution in [0.25, 0.3) is 45.8 Å². The Labute approximate surface area is 291 Å². The maximum atomic E-state index is 6.10. The maximum absolute atomic E-state index is 6.10. The van der Waals surface area contributed by atoms with Gasteiger partial charge in [0.2, 0.25) is 0 Å². The van der Waals surface area contributed by atoms with E-state index in [-0.39, 0.29) is 0 Å². The zero-order valence-corrected chi connectivity index (χ0v) is 29.0. The van der Waals surface area contributed by atoms with Crippen LogP contribution in [0.5, 0.6) is 0 Å². The van der Waals surface area contributed by atoms with E-state index in [1.54, 1.807) is 12.4 Å². The molecule has 5 rings (SSSR count). The predicted molar refractivity (Wildman–Crippen MR) is 213 cm³/mol. The minimum absolute atomic E-state index is 0.774. The van der Waals surface area contributed by atoms with Crippen LogP contribution >= 0.6 is 0 Å². The van der Waals surface area contributed by atoms with Gasteiger partial charge in [0.1, 0.15) is 0 Å². The third-order valence-corrected chi connectivity index (χ3v) is 9.09. The van der Waals surface area contributed by atoms with Gasteiger partial charge in [0, 0.05) is 24.0 Å². The van der Waals surface area contributed by atoms with E-state index in [0.717, 1.165) is 79.3 Å². The lowest BCUT2D eigenvalue weighted by atomic mass is 9.94. The van der Waals surface area contributed by atoms with Crippen molar-refractivity contribution in [2.45, 2.75) is 27.7 Å². The smallest absolute Gasteiger partial charge is 0.0572 e. The van der Waals surface area contributed by atoms with Crippen molar-refractivity contribution >= 4 is 17.7 Å². The zero-order valence-electron chi connectivity index (χ0n) is 29.0. The van der Waals surface area contributed by atoms with Gasteiger partial charge in [0.25, 0.3) is 0 Å². The van der Waals surface area contributed by atoms with Crippen LogP contribution in [0, 0.1) is 13.8 Å². The van der Waals surface area contributed by atoms with Crippen molar-refractivity contribution in [3.05, 3.63) is 191 Å². The number of aromatic nitrogens is 1. The van der Waals surface area contributed by atoms with Gasteiger partial charge in [-0.25, -0.2) is 0 Å². The summed E-state index contributed by atoms with van der Waals surface area (Å²) in [6.45, 7) is 17.8. The summed E-state index contributed by atoms with van der Waals surface area (Å²) in [6, 6.07) is 25.8. The van der Waals surface area contributed by atoms with Crippen LogP contribution in [0.2, 0.25) is 0 Å². The Hall–Kier alpha value is -6.00. The first-order valence-corrected chi connectivity index (χ1v) is 16.6. The van der Waals surface area contributed by atoms with E-state index in [4.69, 9.17) is 11.5 Å². The molecule has 0 fully saturated rings. The average molecular weight is 643 g/mol. The van der Waals surface area contributed by atoms with Gasteiger partial charge in [-0.05, 0) is 150 Å². The number of hydrogen-bond acceptors (Lipinski definition) is 3. The third kappa shape index (κ3) is 7.45. The molecule has 0 bridgehead atoms. The lowest BCUT2D eigenvalue weighted by Crippen LogP contribution is -2.09. The second-order valence-corrected chi connectivity index (χ2v) is 12.1. The Balaban J connectivity index is 1.66. The number of benzene rings is 3. The highest BCUT2D eigenvalue weighted by Crippen LogP contribution is 2.39. The number of allylic oxidation sites excluding steroid dienone is 10. The van der Waals surface area contributed by atoms with Gasteiger partial charge in [-0.1, -0.05) is 86.0 Å². The van der Waals surface area contributed by atoms with E-state index in [1.807, 2.05) is 36.6 Å². The third-order valence-electron chi connectivity index (χ3n) is 9.09. The van der Waals surface area contributed by atoms with E-state index in [9.17, 15) is 0 Å². The van der Waals surface area contributed by atoms with Crippen molar-refractivity contribution in [1.29, 1.82) is 0 Å². The topological polar surface area (TPSA) is 69.0 Å². The number of nitrogens with zero attached hydrogens (tertiary/aromatic N) is 1. The Bertz CT molecular complexity index is 2090. The summed E-state index contributed by atoms with van der Waals surface area (Å²) in [5, 5.41) is 3.20. The fraction of sp³-hybridized carbons (Fsp3) is 0.111. The van der Waals surface area contributed by atoms with Gasteiger partial charge in [-0.2, -0.15) is 0 Å². The largest absolute Gasteiger partial charge is 0.405 e. The highest BCUT2D eigenvalue weighted by Gasteiger charge is 2.21. The van der Waals surface area contributed by atoms with E-state index < -0.39 is 0 Å². The summed E-state index contributed by atoms with van der Waals surface area (Å²) in [4.78, 5) is 0. The molecule has 4 nitrogen and oxygen atoms in total. The first kappa shape index (κ1) is 34.3. The van der Waals surface area contributed by atoms with Crippen LogP contribution < -0.4 is 16.8 Å². The molecule has 0 radical (unpaired) electrons. The molecule has 0 saturated heterocycles. The standard InChI is InChI=1S/C45H46N4/c1-7-35(32(4)26-41(30-47)37-21-24-48-25-22-37)29-44-33(5)34(6)45(49(44)42-17-10-9-11-18-42)43-20-19-40(27-36(43)8-2)39-16-12-15-38(28-39)31(3)14-13-23-46/h7-24,26-30,48H,1-2,25,46-47H2,3-6H3/b23-13-,31-14+,32-26+,35-29+,41-30+. The quantitative estimate of drug-likeness (QED) is 0.143. The summed E-state index contributed by atoms with van der Waals surface area (Å²) in [5.41, 5.74) is 28.3. The Morgan fingerprint density at radius 2 is 1.67 bits per heavy atom. The van der Waals surface area contributed by atoms with Crippen molar-refractivity contribution in [1.82, 2.24) is 9.88 Å². The Kier molecular flexibility index (Phi) is 11.0. The van der Waals surface area contributed by atoms with E-state index in [2.05, 4.69) is 142 Å². The SMILES string of the molecule is C=CC(=C\c1c(C)c(C)c(-c2ccc(-c3cccc(/C(C)=C/C=C\N)c3)cc2C=C)n1-c1ccccc1)/C(C)=C/C(=C\N)C1=CCNC=C1. The van der Waals surface area contributed by atoms with Gasteiger partial charge in [0.15, 0.2) is 0 Å². The monoisotopic (exact) mass is 642 g/mol. The minimum Gasteiger partial charge on any atom is -0.405 e. The number of nitrogens with two attached hydrogens (primary N) is 2. The second kappa shape index (κ2) is 15.7. The lowest BCUT2D eigenvalue weighted by molar-refractivity contribution is 0.961. The molecule has 0 aliphatic carbocycles. The highest BCUT2D eigenvalue weighted by molar-refractivity contribution is 5.84. The highest BCUT2D eigenvalue weighted by atomic mass is 15.0. The molecular formula is C45H46N4. The fourth-order valence-electron chi connectivity index (χ4n) is 6.23. The van der Waals surface area contributed by atoms with Crippen LogP contribution in [0.1, 0.15) is 41.8 Å². The summed E-state index contributed by atoms with van der Waals surface area (Å²) < 4.78 is 2.36. The average Bonchev–Trinajstić information content (AvgIpc) is 3.40. The summed E-state index contributed by atoms with van der Waals surface area (Å²) in [7, 11) is 0. The maximum Gasteiger partial charge on any atom is 0.0572 e. The number of nitrogens with one attached hydrogen (secondary N) is 1. The molecular weight excluding hydrogens is 597 g/mol. The Morgan fingerprint density at radius 3 is 2.35 bits per heavy atom. The van der Waals surface area contributed by atoms with Gasteiger partial charge in [-0.15, -0.1) is 0 Å². The molecule has 1 aromatic heterocycles. The Morgan fingerprint density at radius 1 is 0.898 bits per heavy atom. The van der Waals surface area contributed by atoms with E-state index in [0.29, 0.717) is 0 Å². The molecule has 3 aromatic carbocycles. The zero-order chi connectivity index (χ0) is 34.9. The van der Waals surface area contributed by atoms with Crippen molar-refractivity contribution in [2.75, 3.05) is 6.54 Å². The van der Waals surface area contributed by atoms with Crippen LogP contribution in [0.15, 0.2) is 163 Å². The van der Waals surface area contributed by atoms with Gasteiger partial charge in [-0.3, -0.25) is 0 Å². The summed E-state index contributed by atoms with van der Waals surface area (Å²) >= 11 is 0. The van der Waals surface area contributed by atoms with Crippen molar-refractivity contribution in [3.8, 4) is 28.1 Å². The number of dihydropyridines is 1.